The van der Waals surface area contributed by atoms with Crippen LogP contribution in [-0.4, -0.2) is 110 Å². The number of fused-ring (bicyclic) bond motifs is 6. The van der Waals surface area contributed by atoms with Crippen LogP contribution in [-0.2, 0) is 20.7 Å². The summed E-state index contributed by atoms with van der Waals surface area (Å²) in [5, 5.41) is 24.0. The third kappa shape index (κ3) is 13.9. The smallest absolute Gasteiger partial charge is 0.119 e. The first-order chi connectivity index (χ1) is 33.3. The first-order valence-corrected chi connectivity index (χ1v) is 27.2. The normalized spacial score (nSPS) is 28.1. The van der Waals surface area contributed by atoms with Gasteiger partial charge in [-0.3, -0.25) is 0 Å². The summed E-state index contributed by atoms with van der Waals surface area (Å²) in [4.78, 5) is 0. The molecular formula is C60H84Br2N2O6. The van der Waals surface area contributed by atoms with Gasteiger partial charge in [-0.1, -0.05) is 136 Å². The minimum Gasteiger partial charge on any atom is -1.00 e. The van der Waals surface area contributed by atoms with Crippen LogP contribution in [0.1, 0.15) is 114 Å². The van der Waals surface area contributed by atoms with Gasteiger partial charge in [0, 0.05) is 50.4 Å². The van der Waals surface area contributed by atoms with Crippen LogP contribution in [0.25, 0.3) is 0 Å². The summed E-state index contributed by atoms with van der Waals surface area (Å²) >= 11 is 0. The first kappa shape index (κ1) is 55.0. The summed E-state index contributed by atoms with van der Waals surface area (Å²) in [6.07, 6.45) is 19.5. The largest absolute Gasteiger partial charge is 1.00 e. The van der Waals surface area contributed by atoms with Crippen molar-refractivity contribution in [3.8, 4) is 11.5 Å². The highest BCUT2D eigenvalue weighted by atomic mass is 79.9. The third-order valence-electron chi connectivity index (χ3n) is 17.8. The molecule has 2 aliphatic carbocycles. The number of hydrogen-bond donors (Lipinski definition) is 2. The first-order valence-electron chi connectivity index (χ1n) is 27.2. The van der Waals surface area contributed by atoms with Gasteiger partial charge in [-0.15, -0.1) is 0 Å². The second-order valence-electron chi connectivity index (χ2n) is 22.0. The fourth-order valence-corrected chi connectivity index (χ4v) is 13.6. The van der Waals surface area contributed by atoms with Gasteiger partial charge in [0.15, 0.2) is 0 Å². The highest BCUT2D eigenvalue weighted by Gasteiger charge is 2.50. The van der Waals surface area contributed by atoms with Crippen LogP contribution in [0, 0.1) is 23.7 Å². The fraction of sp³-hybridized carbons (Fsp3) is 0.600. The molecule has 0 amide bonds. The summed E-state index contributed by atoms with van der Waals surface area (Å²) in [6, 6.07) is 40.9. The molecule has 8 nitrogen and oxygen atoms in total. The Hall–Kier alpha value is -2.80. The van der Waals surface area contributed by atoms with Crippen LogP contribution in [0.5, 0.6) is 11.5 Å². The van der Waals surface area contributed by atoms with Gasteiger partial charge in [0.1, 0.15) is 48.0 Å². The lowest BCUT2D eigenvalue weighted by molar-refractivity contribution is -0.946. The molecule has 12 rings (SSSR count). The van der Waals surface area contributed by atoms with Crippen LogP contribution >= 0.6 is 0 Å². The van der Waals surface area contributed by atoms with E-state index in [0.29, 0.717) is 36.9 Å². The Morgan fingerprint density at radius 3 is 1.10 bits per heavy atom. The van der Waals surface area contributed by atoms with Crippen LogP contribution in [0.3, 0.4) is 0 Å². The van der Waals surface area contributed by atoms with Gasteiger partial charge in [0.25, 0.3) is 0 Å². The number of nitrogens with zero attached hydrogens (tertiary/aromatic N) is 2. The number of benzene rings is 4. The summed E-state index contributed by atoms with van der Waals surface area (Å²) < 4.78 is 27.6. The standard InChI is InChI=1S/2C30H42NO3.2BrH/c2*32-30(26-11-4-1-5-12-26,27-13-6-2-7-14-27)24-34-29-23-31(20-17-25(29)18-21-31)19-10-22-33-28-15-8-3-9-16-28;;/h2*1,3-5,8-9,11-12,15-16,25,27,29,32H,2,6-7,10,13-14,17-24H2;2*1H/q2*+1;;/p-2/t2*25?,29-,30?,31?;;/m10../s1. The maximum atomic E-state index is 12.0. The molecular weight excluding hydrogens is 1000 g/mol. The number of ether oxygens (including phenoxy) is 4. The van der Waals surface area contributed by atoms with E-state index in [1.807, 2.05) is 72.8 Å². The van der Waals surface area contributed by atoms with Crippen LogP contribution in [0.2, 0.25) is 0 Å². The van der Waals surface area contributed by atoms with E-state index in [1.54, 1.807) is 0 Å². The van der Waals surface area contributed by atoms with E-state index in [1.165, 1.54) is 90.4 Å². The topological polar surface area (TPSA) is 77.4 Å². The number of hydrogen-bond acceptors (Lipinski definition) is 6. The molecule has 6 aliphatic heterocycles. The maximum Gasteiger partial charge on any atom is 0.119 e. The summed E-state index contributed by atoms with van der Waals surface area (Å²) in [7, 11) is 0. The second-order valence-corrected chi connectivity index (χ2v) is 22.0. The SMILES string of the molecule is OC(CO[C@@H]1C[N+]2(CCCOc3ccccc3)CCC1CC2)(c1ccccc1)C1CCCCC1.OC(CO[C@H]1C[N+]2(CCCOc3ccccc3)CCC1CC2)(c1ccccc1)C1CCCCC1.[Br-].[Br-]. The van der Waals surface area contributed by atoms with Crippen molar-refractivity contribution >= 4 is 0 Å². The van der Waals surface area contributed by atoms with Crippen LogP contribution in [0.4, 0.5) is 0 Å². The van der Waals surface area contributed by atoms with Crippen LogP contribution in [0.15, 0.2) is 121 Å². The molecule has 4 aromatic carbocycles. The van der Waals surface area contributed by atoms with Gasteiger partial charge >= 0.3 is 0 Å². The van der Waals surface area contributed by atoms with E-state index < -0.39 is 11.2 Å². The van der Waals surface area contributed by atoms with Gasteiger partial charge in [-0.05, 0) is 72.9 Å². The minimum atomic E-state index is -0.873. The number of halogens is 2. The Bertz CT molecular complexity index is 1910. The number of para-hydroxylation sites is 2. The van der Waals surface area contributed by atoms with E-state index in [0.717, 1.165) is 110 Å². The lowest BCUT2D eigenvalue weighted by Gasteiger charge is -2.53. The molecule has 10 heteroatoms. The predicted molar refractivity (Wildman–Crippen MR) is 271 cm³/mol. The molecule has 0 radical (unpaired) electrons. The van der Waals surface area contributed by atoms with Gasteiger partial charge in [0.05, 0.1) is 65.7 Å². The van der Waals surface area contributed by atoms with Gasteiger partial charge < -0.3 is 72.1 Å². The number of piperidine rings is 6. The Kier molecular flexibility index (Phi) is 20.7. The molecule has 4 bridgehead atoms. The van der Waals surface area contributed by atoms with Gasteiger partial charge in [0.2, 0.25) is 0 Å². The zero-order valence-corrected chi connectivity index (χ0v) is 45.2. The Balaban J connectivity index is 0.000000201. The molecule has 0 aromatic heterocycles. The zero-order valence-electron chi connectivity index (χ0n) is 42.0. The number of quaternary nitrogens is 2. The van der Waals surface area contributed by atoms with E-state index >= 15 is 0 Å². The Morgan fingerprint density at radius 2 is 0.757 bits per heavy atom. The summed E-state index contributed by atoms with van der Waals surface area (Å²) in [6.45, 7) is 12.0. The third-order valence-corrected chi connectivity index (χ3v) is 17.8. The molecule has 384 valence electrons. The molecule has 8 aliphatic rings. The second kappa shape index (κ2) is 26.4. The molecule has 6 heterocycles. The Morgan fingerprint density at radius 1 is 0.429 bits per heavy atom. The average molecular weight is 1090 g/mol. The van der Waals surface area contributed by atoms with Gasteiger partial charge in [-0.25, -0.2) is 0 Å². The lowest BCUT2D eigenvalue weighted by atomic mass is 9.73. The molecule has 6 saturated heterocycles. The molecule has 2 N–H and O–H groups in total. The molecule has 70 heavy (non-hydrogen) atoms. The van der Waals surface area contributed by atoms with E-state index in [-0.39, 0.29) is 46.2 Å². The molecule has 4 aromatic rings. The van der Waals surface area contributed by atoms with Crippen molar-refractivity contribution in [2.45, 2.75) is 126 Å². The molecule has 2 unspecified atom stereocenters. The van der Waals surface area contributed by atoms with Crippen molar-refractivity contribution < 1.29 is 72.1 Å². The highest BCUT2D eigenvalue weighted by molar-refractivity contribution is 5.25. The maximum absolute atomic E-state index is 12.0. The molecule has 2 saturated carbocycles. The van der Waals surface area contributed by atoms with Crippen molar-refractivity contribution in [1.29, 1.82) is 0 Å². The quantitative estimate of drug-likeness (QED) is 0.0949. The molecule has 4 atom stereocenters. The zero-order chi connectivity index (χ0) is 46.5. The van der Waals surface area contributed by atoms with Crippen molar-refractivity contribution in [2.24, 2.45) is 23.7 Å². The predicted octanol–water partition coefficient (Wildman–Crippen LogP) is 5.11. The summed E-state index contributed by atoms with van der Waals surface area (Å²) in [5.74, 6) is 3.80. The van der Waals surface area contributed by atoms with Gasteiger partial charge in [-0.2, -0.15) is 0 Å². The van der Waals surface area contributed by atoms with E-state index in [4.69, 9.17) is 18.9 Å². The monoisotopic (exact) mass is 1090 g/mol. The van der Waals surface area contributed by atoms with Crippen molar-refractivity contribution in [1.82, 2.24) is 0 Å². The lowest BCUT2D eigenvalue weighted by Crippen LogP contribution is -3.00. The minimum absolute atomic E-state index is 0. The number of rotatable bonds is 20. The molecule has 0 spiro atoms. The van der Waals surface area contributed by atoms with E-state index in [2.05, 4.69) is 48.5 Å². The average Bonchev–Trinajstić information content (AvgIpc) is 3.42. The van der Waals surface area contributed by atoms with Crippen molar-refractivity contribution in [3.05, 3.63) is 132 Å². The van der Waals surface area contributed by atoms with Crippen molar-refractivity contribution in [2.75, 3.05) is 78.8 Å². The van der Waals surface area contributed by atoms with E-state index in [9.17, 15) is 10.2 Å². The number of aliphatic hydroxyl groups is 2. The van der Waals surface area contributed by atoms with Crippen LogP contribution < -0.4 is 43.4 Å². The molecule has 8 fully saturated rings. The Labute approximate surface area is 442 Å². The summed E-state index contributed by atoms with van der Waals surface area (Å²) in [5.41, 5.74) is 0.319. The highest BCUT2D eigenvalue weighted by Crippen LogP contribution is 2.44. The van der Waals surface area contributed by atoms with Crippen molar-refractivity contribution in [3.63, 3.8) is 0 Å². The fourth-order valence-electron chi connectivity index (χ4n) is 13.6.